The Morgan fingerprint density at radius 2 is 2.00 bits per heavy atom. The molecule has 110 valence electrons. The minimum atomic E-state index is -1.10. The zero-order valence-electron chi connectivity index (χ0n) is 11.1. The average molecular weight is 362 g/mol. The fourth-order valence-electron chi connectivity index (χ4n) is 1.38. The second-order valence-electron chi connectivity index (χ2n) is 4.02. The number of amides is 1. The summed E-state index contributed by atoms with van der Waals surface area (Å²) in [6.45, 7) is 1.72. The van der Waals surface area contributed by atoms with Crippen molar-refractivity contribution in [3.05, 3.63) is 28.7 Å². The van der Waals surface area contributed by atoms with Crippen molar-refractivity contribution < 1.29 is 19.4 Å². The number of rotatable bonds is 7. The van der Waals surface area contributed by atoms with Crippen LogP contribution in [0, 0.1) is 0 Å². The monoisotopic (exact) mass is 361 g/mol. The van der Waals surface area contributed by atoms with E-state index < -0.39 is 12.1 Å². The molecule has 7 heteroatoms. The second kappa shape index (κ2) is 8.28. The fraction of sp³-hybridized carbons (Fsp3) is 0.385. The van der Waals surface area contributed by atoms with Gasteiger partial charge in [0.15, 0.2) is 6.10 Å². The van der Waals surface area contributed by atoms with Crippen molar-refractivity contribution in [2.45, 2.75) is 23.2 Å². The van der Waals surface area contributed by atoms with Gasteiger partial charge >= 0.3 is 5.97 Å². The van der Waals surface area contributed by atoms with Crippen LogP contribution in [0.25, 0.3) is 0 Å². The van der Waals surface area contributed by atoms with Crippen molar-refractivity contribution in [1.82, 2.24) is 5.32 Å². The Hall–Kier alpha value is -1.05. The number of thioether (sulfide) groups is 1. The minimum Gasteiger partial charge on any atom is -0.479 e. The molecular weight excluding hydrogens is 346 g/mol. The van der Waals surface area contributed by atoms with Gasteiger partial charge in [-0.1, -0.05) is 15.9 Å². The fourth-order valence-corrected chi connectivity index (χ4v) is 2.54. The van der Waals surface area contributed by atoms with Gasteiger partial charge in [-0.25, -0.2) is 4.79 Å². The third kappa shape index (κ3) is 5.52. The van der Waals surface area contributed by atoms with Gasteiger partial charge < -0.3 is 15.2 Å². The topological polar surface area (TPSA) is 75.6 Å². The van der Waals surface area contributed by atoms with E-state index in [-0.39, 0.29) is 17.7 Å². The molecule has 0 aliphatic carbocycles. The third-order valence-electron chi connectivity index (χ3n) is 2.52. The van der Waals surface area contributed by atoms with Crippen LogP contribution in [0.15, 0.2) is 33.6 Å². The predicted octanol–water partition coefficient (Wildman–Crippen LogP) is 2.15. The van der Waals surface area contributed by atoms with Gasteiger partial charge in [0.25, 0.3) is 0 Å². The van der Waals surface area contributed by atoms with Crippen LogP contribution >= 0.6 is 27.7 Å². The molecule has 5 nitrogen and oxygen atoms in total. The van der Waals surface area contributed by atoms with E-state index in [1.54, 1.807) is 6.92 Å². The summed E-state index contributed by atoms with van der Waals surface area (Å²) in [5.74, 6) is -1.32. The van der Waals surface area contributed by atoms with E-state index in [2.05, 4.69) is 21.2 Å². The number of carbonyl (C=O) groups excluding carboxylic acids is 1. The molecule has 0 saturated carbocycles. The molecule has 0 radical (unpaired) electrons. The van der Waals surface area contributed by atoms with Gasteiger partial charge in [-0.2, -0.15) is 0 Å². The lowest BCUT2D eigenvalue weighted by atomic mass is 10.3. The van der Waals surface area contributed by atoms with E-state index in [0.717, 1.165) is 9.37 Å². The number of carboxylic acid groups (broad SMARTS) is 1. The van der Waals surface area contributed by atoms with Crippen molar-refractivity contribution in [2.75, 3.05) is 13.7 Å². The van der Waals surface area contributed by atoms with Crippen molar-refractivity contribution >= 4 is 39.6 Å². The SMILES string of the molecule is COC(CNC(=O)C(C)Sc1ccc(Br)cc1)C(=O)O. The van der Waals surface area contributed by atoms with Crippen molar-refractivity contribution in [1.29, 1.82) is 0 Å². The maximum Gasteiger partial charge on any atom is 0.334 e. The van der Waals surface area contributed by atoms with Gasteiger partial charge in [0.2, 0.25) is 5.91 Å². The number of halogens is 1. The van der Waals surface area contributed by atoms with E-state index in [1.165, 1.54) is 18.9 Å². The number of hydrogen-bond donors (Lipinski definition) is 2. The summed E-state index contributed by atoms with van der Waals surface area (Å²) in [4.78, 5) is 23.6. The Bertz CT molecular complexity index is 466. The Labute approximate surface area is 130 Å². The van der Waals surface area contributed by atoms with Gasteiger partial charge in [0.05, 0.1) is 11.8 Å². The summed E-state index contributed by atoms with van der Waals surface area (Å²) >= 11 is 4.75. The lowest BCUT2D eigenvalue weighted by Crippen LogP contribution is -2.40. The molecule has 1 aromatic rings. The molecular formula is C13H16BrNO4S. The Kier molecular flexibility index (Phi) is 7.04. The molecule has 1 rings (SSSR count). The Morgan fingerprint density at radius 1 is 1.40 bits per heavy atom. The number of methoxy groups -OCH3 is 1. The lowest BCUT2D eigenvalue weighted by Gasteiger charge is -2.15. The maximum absolute atomic E-state index is 11.9. The molecule has 0 fully saturated rings. The number of hydrogen-bond acceptors (Lipinski definition) is 4. The van der Waals surface area contributed by atoms with Crippen LogP contribution < -0.4 is 5.32 Å². The van der Waals surface area contributed by atoms with Crippen LogP contribution in [0.1, 0.15) is 6.92 Å². The molecule has 0 aliphatic rings. The second-order valence-corrected chi connectivity index (χ2v) is 6.35. The van der Waals surface area contributed by atoms with Gasteiger partial charge in [-0.3, -0.25) is 4.79 Å². The van der Waals surface area contributed by atoms with Gasteiger partial charge in [-0.05, 0) is 31.2 Å². The summed E-state index contributed by atoms with van der Waals surface area (Å²) in [5, 5.41) is 11.1. The van der Waals surface area contributed by atoms with Crippen LogP contribution in [-0.2, 0) is 14.3 Å². The molecule has 0 aromatic heterocycles. The molecule has 0 heterocycles. The number of aliphatic carboxylic acids is 1. The molecule has 1 amide bonds. The Morgan fingerprint density at radius 3 is 2.50 bits per heavy atom. The van der Waals surface area contributed by atoms with Gasteiger partial charge in [-0.15, -0.1) is 11.8 Å². The first-order valence-electron chi connectivity index (χ1n) is 5.89. The van der Waals surface area contributed by atoms with Crippen LogP contribution in [0.4, 0.5) is 0 Å². The quantitative estimate of drug-likeness (QED) is 0.727. The molecule has 0 spiro atoms. The van der Waals surface area contributed by atoms with Gasteiger partial charge in [0.1, 0.15) is 0 Å². The first kappa shape index (κ1) is 17.0. The molecule has 1 aromatic carbocycles. The van der Waals surface area contributed by atoms with Crippen LogP contribution in [0.2, 0.25) is 0 Å². The number of carboxylic acids is 1. The smallest absolute Gasteiger partial charge is 0.334 e. The van der Waals surface area contributed by atoms with E-state index in [9.17, 15) is 9.59 Å². The van der Waals surface area contributed by atoms with Gasteiger partial charge in [0, 0.05) is 16.5 Å². The maximum atomic E-state index is 11.9. The number of nitrogens with one attached hydrogen (secondary N) is 1. The highest BCUT2D eigenvalue weighted by atomic mass is 79.9. The summed E-state index contributed by atoms with van der Waals surface area (Å²) in [6.07, 6.45) is -1.02. The number of carbonyl (C=O) groups is 2. The predicted molar refractivity (Wildman–Crippen MR) is 80.9 cm³/mol. The highest BCUT2D eigenvalue weighted by Gasteiger charge is 2.20. The van der Waals surface area contributed by atoms with E-state index >= 15 is 0 Å². The highest BCUT2D eigenvalue weighted by Crippen LogP contribution is 2.24. The molecule has 20 heavy (non-hydrogen) atoms. The first-order valence-corrected chi connectivity index (χ1v) is 7.57. The molecule has 0 bridgehead atoms. The third-order valence-corrected chi connectivity index (χ3v) is 4.16. The lowest BCUT2D eigenvalue weighted by molar-refractivity contribution is -0.148. The number of ether oxygens (including phenoxy) is 1. The standard InChI is InChI=1S/C13H16BrNO4S/c1-8(20-10-5-3-9(14)4-6-10)12(16)15-7-11(19-2)13(17)18/h3-6,8,11H,7H2,1-2H3,(H,15,16)(H,17,18). The van der Waals surface area contributed by atoms with Crippen LogP contribution in [0.5, 0.6) is 0 Å². The van der Waals surface area contributed by atoms with Crippen molar-refractivity contribution in [3.63, 3.8) is 0 Å². The average Bonchev–Trinajstić information content (AvgIpc) is 2.41. The first-order chi connectivity index (χ1) is 9.43. The minimum absolute atomic E-state index is 0.0457. The summed E-state index contributed by atoms with van der Waals surface area (Å²) in [6, 6.07) is 7.62. The van der Waals surface area contributed by atoms with E-state index in [4.69, 9.17) is 9.84 Å². The molecule has 2 unspecified atom stereocenters. The molecule has 0 aliphatic heterocycles. The summed E-state index contributed by atoms with van der Waals surface area (Å²) < 4.78 is 5.72. The zero-order valence-corrected chi connectivity index (χ0v) is 13.5. The van der Waals surface area contributed by atoms with Crippen LogP contribution in [0.3, 0.4) is 0 Å². The largest absolute Gasteiger partial charge is 0.479 e. The summed E-state index contributed by atoms with van der Waals surface area (Å²) in [7, 11) is 1.30. The van der Waals surface area contributed by atoms with E-state index in [1.807, 2.05) is 24.3 Å². The molecule has 2 atom stereocenters. The molecule has 0 saturated heterocycles. The van der Waals surface area contributed by atoms with Crippen molar-refractivity contribution in [3.8, 4) is 0 Å². The van der Waals surface area contributed by atoms with Crippen molar-refractivity contribution in [2.24, 2.45) is 0 Å². The highest BCUT2D eigenvalue weighted by molar-refractivity contribution is 9.10. The normalized spacial score (nSPS) is 13.6. The Balaban J connectivity index is 2.46. The van der Waals surface area contributed by atoms with Crippen LogP contribution in [-0.4, -0.2) is 42.0 Å². The number of benzene rings is 1. The molecule has 2 N–H and O–H groups in total. The zero-order chi connectivity index (χ0) is 15.1. The summed E-state index contributed by atoms with van der Waals surface area (Å²) in [5.41, 5.74) is 0. The van der Waals surface area contributed by atoms with E-state index in [0.29, 0.717) is 0 Å².